The van der Waals surface area contributed by atoms with Gasteiger partial charge in [0.15, 0.2) is 0 Å². The first-order valence-electron chi connectivity index (χ1n) is 6.24. The van der Waals surface area contributed by atoms with Gasteiger partial charge < -0.3 is 0 Å². The maximum atomic E-state index is 9.13. The summed E-state index contributed by atoms with van der Waals surface area (Å²) in [6, 6.07) is 2.36. The molecule has 1 saturated heterocycles. The molecule has 98 valence electrons. The number of aryl methyl sites for hydroxylation is 1. The van der Waals surface area contributed by atoms with Crippen LogP contribution < -0.4 is 0 Å². The van der Waals surface area contributed by atoms with E-state index in [1.54, 1.807) is 6.33 Å². The fourth-order valence-electron chi connectivity index (χ4n) is 2.20. The molecule has 1 aliphatic rings. The third kappa shape index (κ3) is 2.68. The number of nitrogens with zero attached hydrogens (tertiary/aromatic N) is 6. The molecule has 0 aliphatic carbocycles. The first-order chi connectivity index (χ1) is 8.53. The predicted molar refractivity (Wildman–Crippen MR) is 67.5 cm³/mol. The van der Waals surface area contributed by atoms with Gasteiger partial charge in [0.05, 0.1) is 12.6 Å². The van der Waals surface area contributed by atoms with Crippen molar-refractivity contribution in [1.29, 1.82) is 5.26 Å². The van der Waals surface area contributed by atoms with Crippen molar-refractivity contribution in [1.82, 2.24) is 24.6 Å². The van der Waals surface area contributed by atoms with Crippen molar-refractivity contribution < 1.29 is 0 Å². The number of aromatic nitrogens is 3. The minimum atomic E-state index is -0.364. The predicted octanol–water partition coefficient (Wildman–Crippen LogP) is 0.235. The summed E-state index contributed by atoms with van der Waals surface area (Å²) >= 11 is 0. The van der Waals surface area contributed by atoms with Gasteiger partial charge >= 0.3 is 0 Å². The maximum absolute atomic E-state index is 9.13. The molecule has 0 bridgehead atoms. The molecule has 0 aromatic carbocycles. The number of piperazine rings is 1. The highest BCUT2D eigenvalue weighted by atomic mass is 15.3. The van der Waals surface area contributed by atoms with Crippen molar-refractivity contribution in [2.75, 3.05) is 26.2 Å². The lowest BCUT2D eigenvalue weighted by Crippen LogP contribution is -2.53. The largest absolute Gasteiger partial charge is 0.293 e. The van der Waals surface area contributed by atoms with E-state index in [1.165, 1.54) is 0 Å². The normalized spacial score (nSPS) is 18.8. The molecule has 0 atom stereocenters. The van der Waals surface area contributed by atoms with Crippen LogP contribution in [0.2, 0.25) is 0 Å². The summed E-state index contributed by atoms with van der Waals surface area (Å²) in [4.78, 5) is 8.83. The van der Waals surface area contributed by atoms with Gasteiger partial charge in [0.1, 0.15) is 17.7 Å². The van der Waals surface area contributed by atoms with E-state index in [0.717, 1.165) is 38.5 Å². The number of rotatable bonds is 3. The zero-order valence-corrected chi connectivity index (χ0v) is 11.3. The monoisotopic (exact) mass is 248 g/mol. The van der Waals surface area contributed by atoms with E-state index in [4.69, 9.17) is 5.26 Å². The Balaban J connectivity index is 1.88. The molecule has 2 heterocycles. The van der Waals surface area contributed by atoms with Crippen molar-refractivity contribution in [2.24, 2.45) is 7.05 Å². The molecule has 0 amide bonds. The van der Waals surface area contributed by atoms with Gasteiger partial charge in [-0.3, -0.25) is 14.5 Å². The molecule has 18 heavy (non-hydrogen) atoms. The molecule has 0 N–H and O–H groups in total. The SMILES string of the molecule is Cn1ncnc1CN1CCN(C(C)(C)C#N)CC1. The highest BCUT2D eigenvalue weighted by Crippen LogP contribution is 2.16. The summed E-state index contributed by atoms with van der Waals surface area (Å²) in [6.45, 7) is 8.58. The molecule has 6 heteroatoms. The van der Waals surface area contributed by atoms with Gasteiger partial charge in [-0.15, -0.1) is 0 Å². The van der Waals surface area contributed by atoms with Crippen LogP contribution in [0.5, 0.6) is 0 Å². The first kappa shape index (κ1) is 13.0. The van der Waals surface area contributed by atoms with Crippen LogP contribution in [0.1, 0.15) is 19.7 Å². The summed E-state index contributed by atoms with van der Waals surface area (Å²) in [5.74, 6) is 0.989. The van der Waals surface area contributed by atoms with Crippen LogP contribution in [0.4, 0.5) is 0 Å². The smallest absolute Gasteiger partial charge is 0.140 e. The standard InChI is InChI=1S/C12H20N6/c1-12(2,9-13)18-6-4-17(5-7-18)8-11-14-10-15-16(11)3/h10H,4-8H2,1-3H3. The Bertz CT molecular complexity index is 436. The second-order valence-corrected chi connectivity index (χ2v) is 5.23. The molecule has 1 aromatic rings. The Hall–Kier alpha value is -1.45. The lowest BCUT2D eigenvalue weighted by Gasteiger charge is -2.40. The molecule has 1 aromatic heterocycles. The molecule has 0 radical (unpaired) electrons. The third-order valence-corrected chi connectivity index (χ3v) is 3.61. The van der Waals surface area contributed by atoms with Crippen LogP contribution in [0.15, 0.2) is 6.33 Å². The molecule has 2 rings (SSSR count). The lowest BCUT2D eigenvalue weighted by molar-refractivity contribution is 0.0745. The van der Waals surface area contributed by atoms with Crippen LogP contribution in [0.25, 0.3) is 0 Å². The van der Waals surface area contributed by atoms with Gasteiger partial charge in [0, 0.05) is 33.2 Å². The fourth-order valence-corrected chi connectivity index (χ4v) is 2.20. The van der Waals surface area contributed by atoms with Crippen LogP contribution >= 0.6 is 0 Å². The number of nitriles is 1. The molecule has 1 aliphatic heterocycles. The Labute approximate surface area is 108 Å². The molecule has 0 unspecified atom stereocenters. The zero-order valence-electron chi connectivity index (χ0n) is 11.3. The Morgan fingerprint density at radius 1 is 1.33 bits per heavy atom. The van der Waals surface area contributed by atoms with E-state index in [9.17, 15) is 0 Å². The quantitative estimate of drug-likeness (QED) is 0.766. The lowest BCUT2D eigenvalue weighted by atomic mass is 10.0. The topological polar surface area (TPSA) is 61.0 Å². The van der Waals surface area contributed by atoms with Crippen molar-refractivity contribution >= 4 is 0 Å². The summed E-state index contributed by atoms with van der Waals surface area (Å²) < 4.78 is 1.81. The Kier molecular flexibility index (Phi) is 3.64. The average molecular weight is 248 g/mol. The Morgan fingerprint density at radius 2 is 2.00 bits per heavy atom. The van der Waals surface area contributed by atoms with E-state index < -0.39 is 0 Å². The highest BCUT2D eigenvalue weighted by molar-refractivity contribution is 5.03. The van der Waals surface area contributed by atoms with E-state index >= 15 is 0 Å². The number of hydrogen-bond donors (Lipinski definition) is 0. The third-order valence-electron chi connectivity index (χ3n) is 3.61. The summed E-state index contributed by atoms with van der Waals surface area (Å²) in [6.07, 6.45) is 1.59. The minimum Gasteiger partial charge on any atom is -0.293 e. The fraction of sp³-hybridized carbons (Fsp3) is 0.750. The molecular formula is C12H20N6. The first-order valence-corrected chi connectivity index (χ1v) is 6.24. The Morgan fingerprint density at radius 3 is 2.50 bits per heavy atom. The molecule has 6 nitrogen and oxygen atoms in total. The van der Waals surface area contributed by atoms with Crippen molar-refractivity contribution in [3.05, 3.63) is 12.2 Å². The summed E-state index contributed by atoms with van der Waals surface area (Å²) in [5, 5.41) is 13.2. The average Bonchev–Trinajstić information content (AvgIpc) is 2.76. The van der Waals surface area contributed by atoms with Crippen molar-refractivity contribution in [2.45, 2.75) is 25.9 Å². The van der Waals surface area contributed by atoms with Gasteiger partial charge in [0.2, 0.25) is 0 Å². The second-order valence-electron chi connectivity index (χ2n) is 5.23. The van der Waals surface area contributed by atoms with Crippen molar-refractivity contribution in [3.63, 3.8) is 0 Å². The number of hydrogen-bond acceptors (Lipinski definition) is 5. The molecular weight excluding hydrogens is 228 g/mol. The van der Waals surface area contributed by atoms with E-state index in [0.29, 0.717) is 0 Å². The highest BCUT2D eigenvalue weighted by Gasteiger charge is 2.29. The van der Waals surface area contributed by atoms with Gasteiger partial charge in [0.25, 0.3) is 0 Å². The van der Waals surface area contributed by atoms with Crippen LogP contribution in [-0.4, -0.2) is 56.3 Å². The summed E-state index contributed by atoms with van der Waals surface area (Å²) in [5.41, 5.74) is -0.364. The van der Waals surface area contributed by atoms with Gasteiger partial charge in [-0.25, -0.2) is 4.98 Å². The van der Waals surface area contributed by atoms with E-state index in [2.05, 4.69) is 26.0 Å². The van der Waals surface area contributed by atoms with Crippen molar-refractivity contribution in [3.8, 4) is 6.07 Å². The van der Waals surface area contributed by atoms with Gasteiger partial charge in [-0.2, -0.15) is 10.4 Å². The summed E-state index contributed by atoms with van der Waals surface area (Å²) in [7, 11) is 1.91. The van der Waals surface area contributed by atoms with Crippen LogP contribution in [0, 0.1) is 11.3 Å². The zero-order chi connectivity index (χ0) is 13.2. The van der Waals surface area contributed by atoms with Gasteiger partial charge in [-0.1, -0.05) is 0 Å². The molecule has 0 saturated carbocycles. The maximum Gasteiger partial charge on any atom is 0.140 e. The van der Waals surface area contributed by atoms with Crippen LogP contribution in [-0.2, 0) is 13.6 Å². The molecule has 1 fully saturated rings. The van der Waals surface area contributed by atoms with Crippen LogP contribution in [0.3, 0.4) is 0 Å². The van der Waals surface area contributed by atoms with Gasteiger partial charge in [-0.05, 0) is 13.8 Å². The molecule has 0 spiro atoms. The van der Waals surface area contributed by atoms with E-state index in [1.807, 2.05) is 25.6 Å². The minimum absolute atomic E-state index is 0.364. The van der Waals surface area contributed by atoms with E-state index in [-0.39, 0.29) is 5.54 Å². The second kappa shape index (κ2) is 5.04.